The minimum absolute atomic E-state index is 0.0917. The van der Waals surface area contributed by atoms with Crippen LogP contribution in [0.2, 0.25) is 0 Å². The van der Waals surface area contributed by atoms with E-state index in [1.807, 2.05) is 4.90 Å². The highest BCUT2D eigenvalue weighted by molar-refractivity contribution is 5.85. The van der Waals surface area contributed by atoms with Crippen LogP contribution in [0.4, 0.5) is 0 Å². The fourth-order valence-electron chi connectivity index (χ4n) is 6.62. The van der Waals surface area contributed by atoms with Gasteiger partial charge >= 0.3 is 0 Å². The smallest absolute Gasteiger partial charge is 0.242 e. The summed E-state index contributed by atoms with van der Waals surface area (Å²) >= 11 is 0. The van der Waals surface area contributed by atoms with Gasteiger partial charge in [0.1, 0.15) is 0 Å². The molecular weight excluding hydrogens is 314 g/mol. The molecule has 4 aliphatic carbocycles. The molecule has 0 atom stereocenters. The Morgan fingerprint density at radius 1 is 1.04 bits per heavy atom. The van der Waals surface area contributed by atoms with E-state index in [9.17, 15) is 9.59 Å². The van der Waals surface area contributed by atoms with Gasteiger partial charge in [-0.1, -0.05) is 0 Å². The minimum atomic E-state index is 0.0917. The lowest BCUT2D eigenvalue weighted by Gasteiger charge is -2.56. The zero-order valence-corrected chi connectivity index (χ0v) is 15.7. The Hall–Kier alpha value is -1.10. The number of hydrogen-bond donors (Lipinski definition) is 2. The number of carbonyl (C=O) groups is 2. The summed E-state index contributed by atoms with van der Waals surface area (Å²) in [5, 5.41) is 2.94. The summed E-state index contributed by atoms with van der Waals surface area (Å²) in [6.45, 7) is 7.22. The fraction of sp³-hybridized carbons (Fsp3) is 0.900. The van der Waals surface area contributed by atoms with Gasteiger partial charge in [-0.2, -0.15) is 0 Å². The number of rotatable bonds is 5. The van der Waals surface area contributed by atoms with Gasteiger partial charge in [-0.15, -0.1) is 0 Å². The maximum atomic E-state index is 12.5. The van der Waals surface area contributed by atoms with Gasteiger partial charge < -0.3 is 15.1 Å². The molecule has 5 nitrogen and oxygen atoms in total. The van der Waals surface area contributed by atoms with Crippen LogP contribution in [-0.2, 0) is 9.59 Å². The van der Waals surface area contributed by atoms with Gasteiger partial charge in [-0.05, 0) is 68.6 Å². The van der Waals surface area contributed by atoms with Crippen LogP contribution in [-0.4, -0.2) is 56.0 Å². The van der Waals surface area contributed by atoms with Gasteiger partial charge in [-0.25, -0.2) is 0 Å². The lowest BCUT2D eigenvalue weighted by atomic mass is 9.49. The summed E-state index contributed by atoms with van der Waals surface area (Å²) in [5.74, 6) is 2.82. The van der Waals surface area contributed by atoms with Crippen LogP contribution < -0.4 is 10.2 Å². The summed E-state index contributed by atoms with van der Waals surface area (Å²) in [7, 11) is 0. The van der Waals surface area contributed by atoms with Crippen molar-refractivity contribution in [2.45, 2.75) is 51.9 Å². The zero-order valence-electron chi connectivity index (χ0n) is 15.7. The SMILES string of the molecule is CC[NH+]1CCN(C(=O)CNC(=O)CC23CC4CC(CC(C4)C2)C3)CC1. The van der Waals surface area contributed by atoms with E-state index >= 15 is 0 Å². The van der Waals surface area contributed by atoms with E-state index in [-0.39, 0.29) is 23.8 Å². The van der Waals surface area contributed by atoms with Crippen LogP contribution in [0.25, 0.3) is 0 Å². The van der Waals surface area contributed by atoms with Crippen molar-refractivity contribution in [3.8, 4) is 0 Å². The number of carbonyl (C=O) groups excluding carboxylic acids is 2. The van der Waals surface area contributed by atoms with E-state index in [2.05, 4.69) is 12.2 Å². The van der Waals surface area contributed by atoms with Crippen LogP contribution >= 0.6 is 0 Å². The number of nitrogens with zero attached hydrogens (tertiary/aromatic N) is 1. The van der Waals surface area contributed by atoms with Crippen LogP contribution in [0.15, 0.2) is 0 Å². The molecule has 5 fully saturated rings. The van der Waals surface area contributed by atoms with Crippen molar-refractivity contribution in [2.75, 3.05) is 39.3 Å². The molecule has 2 amide bonds. The number of quaternary nitrogens is 1. The molecule has 0 spiro atoms. The predicted molar refractivity (Wildman–Crippen MR) is 96.0 cm³/mol. The number of nitrogens with one attached hydrogen (secondary N) is 2. The maximum Gasteiger partial charge on any atom is 0.242 e. The largest absolute Gasteiger partial charge is 0.347 e. The molecule has 2 N–H and O–H groups in total. The van der Waals surface area contributed by atoms with Crippen LogP contribution in [0.5, 0.6) is 0 Å². The monoisotopic (exact) mass is 348 g/mol. The van der Waals surface area contributed by atoms with Crippen LogP contribution in [0, 0.1) is 23.2 Å². The van der Waals surface area contributed by atoms with Crippen molar-refractivity contribution >= 4 is 11.8 Å². The van der Waals surface area contributed by atoms with Gasteiger partial charge in [0.15, 0.2) is 0 Å². The van der Waals surface area contributed by atoms with Crippen molar-refractivity contribution < 1.29 is 14.5 Å². The van der Waals surface area contributed by atoms with Gasteiger partial charge in [0.25, 0.3) is 0 Å². The van der Waals surface area contributed by atoms with Crippen molar-refractivity contribution in [3.05, 3.63) is 0 Å². The molecule has 1 heterocycles. The average molecular weight is 349 g/mol. The molecule has 4 bridgehead atoms. The molecular formula is C20H34N3O2+. The third kappa shape index (κ3) is 3.71. The molecule has 25 heavy (non-hydrogen) atoms. The lowest BCUT2D eigenvalue weighted by molar-refractivity contribution is -0.902. The summed E-state index contributed by atoms with van der Waals surface area (Å²) in [6, 6.07) is 0. The molecule has 1 aliphatic heterocycles. The molecule has 5 rings (SSSR count). The standard InChI is InChI=1S/C20H33N3O2/c1-2-22-3-5-23(6-4-22)19(25)14-21-18(24)13-20-10-15-7-16(11-20)9-17(8-15)12-20/h15-17H,2-14H2,1H3,(H,21,24)/p+1. The average Bonchev–Trinajstić information content (AvgIpc) is 2.58. The highest BCUT2D eigenvalue weighted by atomic mass is 16.2. The minimum Gasteiger partial charge on any atom is -0.347 e. The molecule has 0 aromatic rings. The van der Waals surface area contributed by atoms with Crippen LogP contribution in [0.1, 0.15) is 51.9 Å². The van der Waals surface area contributed by atoms with Crippen molar-refractivity contribution in [3.63, 3.8) is 0 Å². The number of hydrogen-bond acceptors (Lipinski definition) is 2. The Morgan fingerprint density at radius 3 is 2.12 bits per heavy atom. The Balaban J connectivity index is 1.24. The van der Waals surface area contributed by atoms with Crippen molar-refractivity contribution in [2.24, 2.45) is 23.2 Å². The first-order valence-electron chi connectivity index (χ1n) is 10.4. The van der Waals surface area contributed by atoms with Gasteiger partial charge in [0, 0.05) is 6.42 Å². The summed E-state index contributed by atoms with van der Waals surface area (Å²) < 4.78 is 0. The topological polar surface area (TPSA) is 53.9 Å². The van der Waals surface area contributed by atoms with Crippen molar-refractivity contribution in [1.29, 1.82) is 0 Å². The summed E-state index contributed by atoms with van der Waals surface area (Å²) in [4.78, 5) is 28.4. The highest BCUT2D eigenvalue weighted by Gasteiger charge is 2.51. The molecule has 0 unspecified atom stereocenters. The molecule has 140 valence electrons. The first kappa shape index (κ1) is 17.3. The van der Waals surface area contributed by atoms with Gasteiger partial charge in [0.2, 0.25) is 11.8 Å². The summed E-state index contributed by atoms with van der Waals surface area (Å²) in [5.41, 5.74) is 0.262. The molecule has 0 radical (unpaired) electrons. The predicted octanol–water partition coefficient (Wildman–Crippen LogP) is 0.456. The van der Waals surface area contributed by atoms with E-state index in [1.165, 1.54) is 38.5 Å². The van der Waals surface area contributed by atoms with Crippen LogP contribution in [0.3, 0.4) is 0 Å². The zero-order chi connectivity index (χ0) is 17.4. The molecule has 5 heteroatoms. The lowest BCUT2D eigenvalue weighted by Crippen LogP contribution is -3.14. The molecule has 1 saturated heterocycles. The third-order valence-electron chi connectivity index (χ3n) is 7.46. The molecule has 4 saturated carbocycles. The second-order valence-electron chi connectivity index (χ2n) is 9.36. The Kier molecular flexibility index (Phi) is 4.78. The number of amides is 2. The van der Waals surface area contributed by atoms with Gasteiger partial charge in [0.05, 0.1) is 39.3 Å². The Morgan fingerprint density at radius 2 is 1.60 bits per heavy atom. The van der Waals surface area contributed by atoms with E-state index < -0.39 is 0 Å². The van der Waals surface area contributed by atoms with E-state index in [4.69, 9.17) is 0 Å². The second-order valence-corrected chi connectivity index (χ2v) is 9.36. The summed E-state index contributed by atoms with van der Waals surface area (Å²) in [6.07, 6.45) is 8.63. The maximum absolute atomic E-state index is 12.5. The Bertz CT molecular complexity index is 490. The molecule has 0 aromatic heterocycles. The highest BCUT2D eigenvalue weighted by Crippen LogP contribution is 2.61. The van der Waals surface area contributed by atoms with E-state index in [0.29, 0.717) is 6.42 Å². The fourth-order valence-corrected chi connectivity index (χ4v) is 6.62. The quantitative estimate of drug-likeness (QED) is 0.758. The second kappa shape index (κ2) is 6.90. The first-order chi connectivity index (χ1) is 12.0. The molecule has 0 aromatic carbocycles. The normalized spacial score (nSPS) is 37.3. The Labute approximate surface area is 151 Å². The third-order valence-corrected chi connectivity index (χ3v) is 7.46. The van der Waals surface area contributed by atoms with E-state index in [0.717, 1.165) is 50.5 Å². The molecule has 5 aliphatic rings. The number of likely N-dealkylation sites (N-methyl/N-ethyl adjacent to an activating group) is 1. The number of piperazine rings is 1. The van der Waals surface area contributed by atoms with Crippen molar-refractivity contribution in [1.82, 2.24) is 10.2 Å². The van der Waals surface area contributed by atoms with Gasteiger partial charge in [-0.3, -0.25) is 9.59 Å². The first-order valence-corrected chi connectivity index (χ1v) is 10.4. The van der Waals surface area contributed by atoms with E-state index in [1.54, 1.807) is 4.90 Å².